The van der Waals surface area contributed by atoms with Crippen molar-refractivity contribution in [3.05, 3.63) is 107 Å². The average molecular weight is 359 g/mol. The van der Waals surface area contributed by atoms with Crippen molar-refractivity contribution in [1.29, 1.82) is 0 Å². The molecule has 0 aromatic heterocycles. The fourth-order valence-corrected chi connectivity index (χ4v) is 3.07. The largest absolute Gasteiger partial charge is 0.478 e. The van der Waals surface area contributed by atoms with Crippen LogP contribution < -0.4 is 5.32 Å². The zero-order valence-electron chi connectivity index (χ0n) is 14.8. The number of carboxylic acids is 1. The second kappa shape index (κ2) is 8.81. The molecule has 0 bridgehead atoms. The number of carbonyl (C=O) groups excluding carboxylic acids is 1. The highest BCUT2D eigenvalue weighted by molar-refractivity contribution is 5.87. The minimum Gasteiger partial charge on any atom is -0.478 e. The van der Waals surface area contributed by atoms with E-state index in [0.717, 1.165) is 16.7 Å². The predicted octanol–water partition coefficient (Wildman–Crippen LogP) is 4.22. The lowest BCUT2D eigenvalue weighted by molar-refractivity contribution is -0.121. The summed E-state index contributed by atoms with van der Waals surface area (Å²) < 4.78 is 0. The molecule has 3 rings (SSSR count). The van der Waals surface area contributed by atoms with Crippen LogP contribution in [0.2, 0.25) is 0 Å². The molecule has 3 aromatic rings. The van der Waals surface area contributed by atoms with Crippen molar-refractivity contribution in [3.63, 3.8) is 0 Å². The number of hydrogen-bond donors (Lipinski definition) is 2. The molecule has 0 unspecified atom stereocenters. The highest BCUT2D eigenvalue weighted by atomic mass is 16.4. The van der Waals surface area contributed by atoms with Crippen LogP contribution in [0, 0.1) is 0 Å². The molecule has 0 aliphatic rings. The number of aromatic carboxylic acids is 1. The lowest BCUT2D eigenvalue weighted by atomic mass is 9.88. The first-order chi connectivity index (χ1) is 13.1. The van der Waals surface area contributed by atoms with Crippen LogP contribution in [0.4, 0.5) is 0 Å². The van der Waals surface area contributed by atoms with Crippen LogP contribution >= 0.6 is 0 Å². The Kier molecular flexibility index (Phi) is 6.00. The predicted molar refractivity (Wildman–Crippen MR) is 105 cm³/mol. The fourth-order valence-electron chi connectivity index (χ4n) is 3.07. The molecule has 1 amide bonds. The number of carboxylic acid groups (broad SMARTS) is 1. The zero-order valence-corrected chi connectivity index (χ0v) is 14.8. The van der Waals surface area contributed by atoms with Crippen LogP contribution in [0.25, 0.3) is 0 Å². The molecule has 0 saturated carbocycles. The smallest absolute Gasteiger partial charge is 0.335 e. The van der Waals surface area contributed by atoms with Gasteiger partial charge in [0.2, 0.25) is 5.91 Å². The maximum absolute atomic E-state index is 12.6. The summed E-state index contributed by atoms with van der Waals surface area (Å²) in [4.78, 5) is 23.6. The highest BCUT2D eigenvalue weighted by Gasteiger charge is 2.18. The second-order valence-corrected chi connectivity index (χ2v) is 6.36. The molecule has 0 spiro atoms. The molecule has 0 fully saturated rings. The van der Waals surface area contributed by atoms with Crippen LogP contribution in [-0.4, -0.2) is 17.0 Å². The molecule has 4 nitrogen and oxygen atoms in total. The SMILES string of the molecule is O=C(CC(c1ccccc1)c1ccccc1)NCc1cccc(C(=O)O)c1. The normalized spacial score (nSPS) is 10.6. The minimum atomic E-state index is -0.976. The van der Waals surface area contributed by atoms with Gasteiger partial charge < -0.3 is 10.4 Å². The summed E-state index contributed by atoms with van der Waals surface area (Å²) in [6.45, 7) is 0.302. The maximum atomic E-state index is 12.6. The van der Waals surface area contributed by atoms with Gasteiger partial charge in [-0.15, -0.1) is 0 Å². The first kappa shape index (κ1) is 18.4. The Hall–Kier alpha value is -3.40. The van der Waals surface area contributed by atoms with Gasteiger partial charge in [-0.2, -0.15) is 0 Å². The van der Waals surface area contributed by atoms with Gasteiger partial charge in [0.15, 0.2) is 0 Å². The summed E-state index contributed by atoms with van der Waals surface area (Å²) in [5.41, 5.74) is 3.16. The van der Waals surface area contributed by atoms with Crippen molar-refractivity contribution in [3.8, 4) is 0 Å². The van der Waals surface area contributed by atoms with Gasteiger partial charge in [-0.3, -0.25) is 4.79 Å². The first-order valence-corrected chi connectivity index (χ1v) is 8.82. The van der Waals surface area contributed by atoms with E-state index in [1.807, 2.05) is 60.7 Å². The molecule has 27 heavy (non-hydrogen) atoms. The van der Waals surface area contributed by atoms with Crippen molar-refractivity contribution in [2.24, 2.45) is 0 Å². The summed E-state index contributed by atoms with van der Waals surface area (Å²) in [5, 5.41) is 12.0. The van der Waals surface area contributed by atoms with Crippen LogP contribution in [0.3, 0.4) is 0 Å². The second-order valence-electron chi connectivity index (χ2n) is 6.36. The molecule has 4 heteroatoms. The van der Waals surface area contributed by atoms with E-state index in [1.54, 1.807) is 18.2 Å². The van der Waals surface area contributed by atoms with Gasteiger partial charge in [-0.1, -0.05) is 72.8 Å². The van der Waals surface area contributed by atoms with E-state index in [9.17, 15) is 9.59 Å². The van der Waals surface area contributed by atoms with Crippen molar-refractivity contribution in [1.82, 2.24) is 5.32 Å². The number of carbonyl (C=O) groups is 2. The fraction of sp³-hybridized carbons (Fsp3) is 0.130. The Morgan fingerprint density at radius 2 is 1.41 bits per heavy atom. The van der Waals surface area contributed by atoms with Gasteiger partial charge in [0, 0.05) is 18.9 Å². The molecule has 136 valence electrons. The Labute approximate surface area is 158 Å². The molecule has 0 heterocycles. The quantitative estimate of drug-likeness (QED) is 0.664. The third-order valence-electron chi connectivity index (χ3n) is 4.46. The van der Waals surface area contributed by atoms with Crippen molar-refractivity contribution in [2.45, 2.75) is 18.9 Å². The standard InChI is InChI=1S/C23H21NO3/c25-22(24-16-17-8-7-13-20(14-17)23(26)27)15-21(18-9-3-1-4-10-18)19-11-5-2-6-12-19/h1-14,21H,15-16H2,(H,24,25)(H,26,27). The van der Waals surface area contributed by atoms with E-state index in [-0.39, 0.29) is 17.4 Å². The number of amides is 1. The van der Waals surface area contributed by atoms with E-state index in [0.29, 0.717) is 13.0 Å². The molecule has 2 N–H and O–H groups in total. The van der Waals surface area contributed by atoms with Gasteiger partial charge in [0.1, 0.15) is 0 Å². The lowest BCUT2D eigenvalue weighted by Crippen LogP contribution is -2.25. The van der Waals surface area contributed by atoms with E-state index >= 15 is 0 Å². The van der Waals surface area contributed by atoms with Gasteiger partial charge >= 0.3 is 5.97 Å². The van der Waals surface area contributed by atoms with Crippen molar-refractivity contribution >= 4 is 11.9 Å². The minimum absolute atomic E-state index is 0.0299. The van der Waals surface area contributed by atoms with E-state index < -0.39 is 5.97 Å². The van der Waals surface area contributed by atoms with E-state index in [1.165, 1.54) is 6.07 Å². The molecule has 0 radical (unpaired) electrons. The lowest BCUT2D eigenvalue weighted by Gasteiger charge is -2.18. The third kappa shape index (κ3) is 5.05. The number of nitrogens with one attached hydrogen (secondary N) is 1. The third-order valence-corrected chi connectivity index (χ3v) is 4.46. The molecule has 0 atom stereocenters. The summed E-state index contributed by atoms with van der Waals surface area (Å²) in [6.07, 6.45) is 0.326. The van der Waals surface area contributed by atoms with Crippen molar-refractivity contribution in [2.75, 3.05) is 0 Å². The number of benzene rings is 3. The van der Waals surface area contributed by atoms with Crippen molar-refractivity contribution < 1.29 is 14.7 Å². The molecular formula is C23H21NO3. The Balaban J connectivity index is 1.70. The monoisotopic (exact) mass is 359 g/mol. The molecule has 0 saturated heterocycles. The van der Waals surface area contributed by atoms with Crippen LogP contribution in [0.15, 0.2) is 84.9 Å². The summed E-state index contributed by atoms with van der Waals surface area (Å²) in [7, 11) is 0. The van der Waals surface area contributed by atoms with Crippen LogP contribution in [0.5, 0.6) is 0 Å². The summed E-state index contributed by atoms with van der Waals surface area (Å²) in [6, 6.07) is 26.5. The van der Waals surface area contributed by atoms with Gasteiger partial charge in [0.05, 0.1) is 5.56 Å². The van der Waals surface area contributed by atoms with E-state index in [2.05, 4.69) is 5.32 Å². The Bertz CT molecular complexity index is 868. The molecule has 3 aromatic carbocycles. The van der Waals surface area contributed by atoms with E-state index in [4.69, 9.17) is 5.11 Å². The maximum Gasteiger partial charge on any atom is 0.335 e. The number of rotatable bonds is 7. The van der Waals surface area contributed by atoms with Gasteiger partial charge in [0.25, 0.3) is 0 Å². The van der Waals surface area contributed by atoms with Gasteiger partial charge in [-0.25, -0.2) is 4.79 Å². The highest BCUT2D eigenvalue weighted by Crippen LogP contribution is 2.27. The summed E-state index contributed by atoms with van der Waals surface area (Å²) in [5.74, 6) is -1.08. The zero-order chi connectivity index (χ0) is 19.1. The van der Waals surface area contributed by atoms with Gasteiger partial charge in [-0.05, 0) is 28.8 Å². The topological polar surface area (TPSA) is 66.4 Å². The summed E-state index contributed by atoms with van der Waals surface area (Å²) >= 11 is 0. The Morgan fingerprint density at radius 1 is 0.815 bits per heavy atom. The van der Waals surface area contributed by atoms with Crippen LogP contribution in [0.1, 0.15) is 39.4 Å². The molecular weight excluding hydrogens is 338 g/mol. The molecule has 0 aliphatic carbocycles. The average Bonchev–Trinajstić information content (AvgIpc) is 2.72. The Morgan fingerprint density at radius 3 is 1.96 bits per heavy atom. The first-order valence-electron chi connectivity index (χ1n) is 8.82. The van der Waals surface area contributed by atoms with Crippen LogP contribution in [-0.2, 0) is 11.3 Å². The number of hydrogen-bond acceptors (Lipinski definition) is 2. The molecule has 0 aliphatic heterocycles.